The summed E-state index contributed by atoms with van der Waals surface area (Å²) in [6.45, 7) is 6.55. The Bertz CT molecular complexity index is 1100. The number of sulfonamides is 1. The molecule has 1 saturated heterocycles. The number of ether oxygens (including phenoxy) is 2. The maximum Gasteiger partial charge on any atom is 0.314 e. The van der Waals surface area contributed by atoms with Gasteiger partial charge in [-0.15, -0.1) is 0 Å². The molecule has 1 N–H and O–H groups in total. The van der Waals surface area contributed by atoms with Crippen molar-refractivity contribution in [3.8, 4) is 0 Å². The minimum Gasteiger partial charge on any atom is -0.455 e. The summed E-state index contributed by atoms with van der Waals surface area (Å²) < 4.78 is 37.8. The molecule has 9 heteroatoms. The lowest BCUT2D eigenvalue weighted by Gasteiger charge is -2.26. The van der Waals surface area contributed by atoms with E-state index in [-0.39, 0.29) is 23.9 Å². The van der Waals surface area contributed by atoms with E-state index in [0.717, 1.165) is 12.0 Å². The van der Waals surface area contributed by atoms with Crippen LogP contribution in [-0.4, -0.2) is 57.5 Å². The van der Waals surface area contributed by atoms with Gasteiger partial charge in [-0.2, -0.15) is 4.31 Å². The molecule has 0 aliphatic carbocycles. The molecular weight excluding hydrogens is 456 g/mol. The first-order chi connectivity index (χ1) is 16.2. The molecule has 34 heavy (non-hydrogen) atoms. The Balaban J connectivity index is 1.67. The number of morpholine rings is 1. The van der Waals surface area contributed by atoms with Crippen molar-refractivity contribution in [2.45, 2.75) is 38.0 Å². The van der Waals surface area contributed by atoms with Crippen molar-refractivity contribution in [2.75, 3.05) is 38.2 Å². The number of hydrogen-bond donors (Lipinski definition) is 1. The molecule has 0 bridgehead atoms. The van der Waals surface area contributed by atoms with Crippen LogP contribution >= 0.6 is 0 Å². The van der Waals surface area contributed by atoms with Gasteiger partial charge in [0.15, 0.2) is 6.61 Å². The van der Waals surface area contributed by atoms with E-state index in [9.17, 15) is 18.0 Å². The molecule has 2 aromatic rings. The van der Waals surface area contributed by atoms with Gasteiger partial charge in [-0.1, -0.05) is 56.7 Å². The fourth-order valence-electron chi connectivity index (χ4n) is 3.84. The Kier molecular flexibility index (Phi) is 8.82. The molecule has 0 radical (unpaired) electrons. The molecule has 1 aliphatic heterocycles. The minimum atomic E-state index is -3.70. The van der Waals surface area contributed by atoms with E-state index < -0.39 is 34.4 Å². The van der Waals surface area contributed by atoms with Crippen molar-refractivity contribution in [3.05, 3.63) is 59.7 Å². The first kappa shape index (κ1) is 25.9. The van der Waals surface area contributed by atoms with Gasteiger partial charge in [-0.25, -0.2) is 8.42 Å². The van der Waals surface area contributed by atoms with Crippen LogP contribution in [0.5, 0.6) is 0 Å². The number of esters is 1. The van der Waals surface area contributed by atoms with Gasteiger partial charge in [0.05, 0.1) is 24.0 Å². The lowest BCUT2D eigenvalue weighted by Crippen LogP contribution is -2.40. The summed E-state index contributed by atoms with van der Waals surface area (Å²) in [4.78, 5) is 25.5. The van der Waals surface area contributed by atoms with E-state index in [0.29, 0.717) is 24.5 Å². The predicted molar refractivity (Wildman–Crippen MR) is 129 cm³/mol. The quantitative estimate of drug-likeness (QED) is 0.543. The highest BCUT2D eigenvalue weighted by Gasteiger charge is 2.29. The first-order valence-corrected chi connectivity index (χ1v) is 12.9. The van der Waals surface area contributed by atoms with Gasteiger partial charge in [-0.3, -0.25) is 9.59 Å². The highest BCUT2D eigenvalue weighted by atomic mass is 32.2. The zero-order valence-electron chi connectivity index (χ0n) is 19.8. The molecule has 1 fully saturated rings. The van der Waals surface area contributed by atoms with E-state index in [1.807, 2.05) is 44.2 Å². The number of aryl methyl sites for hydroxylation is 1. The molecule has 2 atom stereocenters. The summed E-state index contributed by atoms with van der Waals surface area (Å²) in [6.07, 6.45) is 0.782. The van der Waals surface area contributed by atoms with E-state index in [1.54, 1.807) is 13.0 Å². The van der Waals surface area contributed by atoms with Crippen LogP contribution in [0.1, 0.15) is 37.3 Å². The summed E-state index contributed by atoms with van der Waals surface area (Å²) in [5.41, 5.74) is 1.90. The monoisotopic (exact) mass is 488 g/mol. The third kappa shape index (κ3) is 6.22. The molecule has 2 unspecified atom stereocenters. The predicted octanol–water partition coefficient (Wildman–Crippen LogP) is 3.33. The minimum absolute atomic E-state index is 0.0438. The third-order valence-electron chi connectivity index (χ3n) is 6.06. The Morgan fingerprint density at radius 2 is 1.79 bits per heavy atom. The van der Waals surface area contributed by atoms with Crippen LogP contribution in [0, 0.1) is 12.8 Å². The maximum absolute atomic E-state index is 12.9. The van der Waals surface area contributed by atoms with Crippen LogP contribution in [-0.2, 0) is 29.1 Å². The third-order valence-corrected chi connectivity index (χ3v) is 7.96. The van der Waals surface area contributed by atoms with Gasteiger partial charge in [-0.05, 0) is 36.1 Å². The Morgan fingerprint density at radius 3 is 2.44 bits per heavy atom. The summed E-state index contributed by atoms with van der Waals surface area (Å²) in [6, 6.07) is 14.0. The molecule has 0 saturated carbocycles. The molecular formula is C25H32N2O6S. The zero-order chi connectivity index (χ0) is 24.7. The second kappa shape index (κ2) is 11.6. The van der Waals surface area contributed by atoms with E-state index in [2.05, 4.69) is 5.32 Å². The molecule has 184 valence electrons. The second-order valence-electron chi connectivity index (χ2n) is 8.42. The van der Waals surface area contributed by atoms with Crippen molar-refractivity contribution in [1.82, 2.24) is 4.31 Å². The van der Waals surface area contributed by atoms with Gasteiger partial charge in [0, 0.05) is 18.8 Å². The number of carbonyl (C=O) groups excluding carboxylic acids is 2. The van der Waals surface area contributed by atoms with Crippen LogP contribution in [0.2, 0.25) is 0 Å². The summed E-state index contributed by atoms with van der Waals surface area (Å²) in [5.74, 6) is -1.42. The largest absolute Gasteiger partial charge is 0.455 e. The van der Waals surface area contributed by atoms with Gasteiger partial charge in [0.25, 0.3) is 5.91 Å². The number of hydrogen-bond acceptors (Lipinski definition) is 6. The zero-order valence-corrected chi connectivity index (χ0v) is 20.6. The SMILES string of the molecule is CCC(C)C(C(=O)OCC(=O)Nc1cc(S(=O)(=O)N2CCOCC2)ccc1C)c1ccccc1. The maximum atomic E-state index is 12.9. The summed E-state index contributed by atoms with van der Waals surface area (Å²) in [5, 5.41) is 2.68. The topological polar surface area (TPSA) is 102 Å². The second-order valence-corrected chi connectivity index (χ2v) is 10.4. The van der Waals surface area contributed by atoms with Crippen LogP contribution < -0.4 is 5.32 Å². The number of benzene rings is 2. The molecule has 3 rings (SSSR count). The van der Waals surface area contributed by atoms with Crippen molar-refractivity contribution in [3.63, 3.8) is 0 Å². The standard InChI is InChI=1S/C25H32N2O6S/c1-4-18(2)24(20-8-6-5-7-9-20)25(29)33-17-23(28)26-22-16-21(11-10-19(22)3)34(30,31)27-12-14-32-15-13-27/h5-11,16,18,24H,4,12-15,17H2,1-3H3,(H,26,28). The van der Waals surface area contributed by atoms with E-state index in [4.69, 9.17) is 9.47 Å². The number of amides is 1. The fourth-order valence-corrected chi connectivity index (χ4v) is 5.27. The van der Waals surface area contributed by atoms with Crippen LogP contribution in [0.25, 0.3) is 0 Å². The van der Waals surface area contributed by atoms with Gasteiger partial charge < -0.3 is 14.8 Å². The lowest BCUT2D eigenvalue weighted by molar-refractivity contribution is -0.150. The Hall–Kier alpha value is -2.75. The van der Waals surface area contributed by atoms with Crippen molar-refractivity contribution in [1.29, 1.82) is 0 Å². The number of rotatable bonds is 9. The van der Waals surface area contributed by atoms with E-state index >= 15 is 0 Å². The van der Waals surface area contributed by atoms with Crippen molar-refractivity contribution in [2.24, 2.45) is 5.92 Å². The fraction of sp³-hybridized carbons (Fsp3) is 0.440. The molecule has 0 aromatic heterocycles. The molecule has 1 heterocycles. The van der Waals surface area contributed by atoms with Crippen LogP contribution in [0.3, 0.4) is 0 Å². The summed E-state index contributed by atoms with van der Waals surface area (Å²) >= 11 is 0. The number of nitrogens with zero attached hydrogens (tertiary/aromatic N) is 1. The molecule has 2 aromatic carbocycles. The first-order valence-electron chi connectivity index (χ1n) is 11.4. The van der Waals surface area contributed by atoms with Gasteiger partial charge >= 0.3 is 5.97 Å². The number of carbonyl (C=O) groups is 2. The van der Waals surface area contributed by atoms with Crippen LogP contribution in [0.15, 0.2) is 53.4 Å². The molecule has 8 nitrogen and oxygen atoms in total. The smallest absolute Gasteiger partial charge is 0.314 e. The van der Waals surface area contributed by atoms with Crippen molar-refractivity contribution >= 4 is 27.6 Å². The molecule has 1 amide bonds. The van der Waals surface area contributed by atoms with Gasteiger partial charge in [0.1, 0.15) is 0 Å². The Morgan fingerprint density at radius 1 is 1.12 bits per heavy atom. The Labute approximate surface area is 201 Å². The lowest BCUT2D eigenvalue weighted by atomic mass is 9.86. The number of anilines is 1. The number of nitrogens with one attached hydrogen (secondary N) is 1. The highest BCUT2D eigenvalue weighted by Crippen LogP contribution is 2.28. The average Bonchev–Trinajstić information content (AvgIpc) is 2.85. The summed E-state index contributed by atoms with van der Waals surface area (Å²) in [7, 11) is -3.70. The average molecular weight is 489 g/mol. The van der Waals surface area contributed by atoms with E-state index in [1.165, 1.54) is 16.4 Å². The molecule has 1 aliphatic rings. The van der Waals surface area contributed by atoms with Gasteiger partial charge in [0.2, 0.25) is 10.0 Å². The highest BCUT2D eigenvalue weighted by molar-refractivity contribution is 7.89. The molecule has 0 spiro atoms. The van der Waals surface area contributed by atoms with Crippen molar-refractivity contribution < 1.29 is 27.5 Å². The normalized spacial score (nSPS) is 16.4. The van der Waals surface area contributed by atoms with Crippen LogP contribution in [0.4, 0.5) is 5.69 Å².